The van der Waals surface area contributed by atoms with E-state index in [0.29, 0.717) is 5.56 Å². The van der Waals surface area contributed by atoms with Crippen LogP contribution in [0.4, 0.5) is 5.69 Å². The Labute approximate surface area is 97.3 Å². The zero-order valence-electron chi connectivity index (χ0n) is 9.38. The van der Waals surface area contributed by atoms with Crippen molar-refractivity contribution in [2.45, 2.75) is 6.04 Å². The zero-order chi connectivity index (χ0) is 13.0. The van der Waals surface area contributed by atoms with E-state index in [1.165, 1.54) is 32.4 Å². The number of nitrogens with zero attached hydrogens (tertiary/aromatic N) is 1. The number of ether oxygens (including phenoxy) is 2. The Bertz CT molecular complexity index is 446. The molecule has 1 atom stereocenters. The number of nitro groups is 1. The van der Waals surface area contributed by atoms with Crippen LogP contribution in [-0.2, 0) is 9.53 Å². The van der Waals surface area contributed by atoms with Gasteiger partial charge in [-0.2, -0.15) is 0 Å². The summed E-state index contributed by atoms with van der Waals surface area (Å²) in [6.07, 6.45) is 0. The van der Waals surface area contributed by atoms with Crippen LogP contribution in [0.3, 0.4) is 0 Å². The van der Waals surface area contributed by atoms with Crippen molar-refractivity contribution in [3.8, 4) is 5.75 Å². The van der Waals surface area contributed by atoms with Crippen LogP contribution in [0.5, 0.6) is 5.75 Å². The fourth-order valence-corrected chi connectivity index (χ4v) is 1.30. The van der Waals surface area contributed by atoms with Gasteiger partial charge in [0.1, 0.15) is 6.04 Å². The molecule has 17 heavy (non-hydrogen) atoms. The second kappa shape index (κ2) is 5.26. The second-order valence-corrected chi connectivity index (χ2v) is 3.19. The van der Waals surface area contributed by atoms with E-state index in [4.69, 9.17) is 10.5 Å². The molecule has 7 heteroatoms. The van der Waals surface area contributed by atoms with Crippen LogP contribution < -0.4 is 10.5 Å². The van der Waals surface area contributed by atoms with Crippen molar-refractivity contribution in [2.75, 3.05) is 14.2 Å². The summed E-state index contributed by atoms with van der Waals surface area (Å²) in [5.41, 5.74) is 5.80. The lowest BCUT2D eigenvalue weighted by Gasteiger charge is -2.10. The molecule has 0 bridgehead atoms. The first-order chi connectivity index (χ1) is 8.01. The number of hydrogen-bond acceptors (Lipinski definition) is 6. The summed E-state index contributed by atoms with van der Waals surface area (Å²) in [4.78, 5) is 21.3. The van der Waals surface area contributed by atoms with E-state index >= 15 is 0 Å². The van der Waals surface area contributed by atoms with Crippen molar-refractivity contribution in [3.05, 3.63) is 33.9 Å². The van der Waals surface area contributed by atoms with Gasteiger partial charge in [-0.15, -0.1) is 0 Å². The molecule has 0 radical (unpaired) electrons. The van der Waals surface area contributed by atoms with Crippen molar-refractivity contribution in [1.29, 1.82) is 0 Å². The SMILES string of the molecule is COC(=O)C(N)c1ccc([N+](=O)[O-])c(OC)c1. The Balaban J connectivity index is 3.13. The van der Waals surface area contributed by atoms with Crippen LogP contribution in [0.1, 0.15) is 11.6 Å². The summed E-state index contributed by atoms with van der Waals surface area (Å²) >= 11 is 0. The van der Waals surface area contributed by atoms with Crippen LogP contribution in [-0.4, -0.2) is 25.1 Å². The maximum atomic E-state index is 11.2. The van der Waals surface area contributed by atoms with Gasteiger partial charge in [-0.3, -0.25) is 14.9 Å². The maximum absolute atomic E-state index is 11.2. The van der Waals surface area contributed by atoms with E-state index in [2.05, 4.69) is 4.74 Å². The third-order valence-corrected chi connectivity index (χ3v) is 2.21. The molecule has 92 valence electrons. The normalized spacial score (nSPS) is 11.7. The quantitative estimate of drug-likeness (QED) is 0.473. The summed E-state index contributed by atoms with van der Waals surface area (Å²) in [6.45, 7) is 0. The molecular weight excluding hydrogens is 228 g/mol. The van der Waals surface area contributed by atoms with Crippen LogP contribution in [0.15, 0.2) is 18.2 Å². The van der Waals surface area contributed by atoms with Gasteiger partial charge in [0, 0.05) is 6.07 Å². The molecule has 0 spiro atoms. The fraction of sp³-hybridized carbons (Fsp3) is 0.300. The fourth-order valence-electron chi connectivity index (χ4n) is 1.30. The summed E-state index contributed by atoms with van der Waals surface area (Å²) in [5.74, 6) is -0.576. The molecule has 0 heterocycles. The highest BCUT2D eigenvalue weighted by Crippen LogP contribution is 2.29. The highest BCUT2D eigenvalue weighted by atomic mass is 16.6. The summed E-state index contributed by atoms with van der Waals surface area (Å²) in [6, 6.07) is 2.98. The number of carbonyl (C=O) groups excluding carboxylic acids is 1. The van der Waals surface area contributed by atoms with E-state index in [0.717, 1.165) is 0 Å². The summed E-state index contributed by atoms with van der Waals surface area (Å²) in [7, 11) is 2.51. The molecule has 1 aromatic carbocycles. The average Bonchev–Trinajstić information content (AvgIpc) is 2.35. The van der Waals surface area contributed by atoms with Gasteiger partial charge in [-0.25, -0.2) is 0 Å². The standard InChI is InChI=1S/C10H12N2O5/c1-16-8-5-6(9(11)10(13)17-2)3-4-7(8)12(14)15/h3-5,9H,11H2,1-2H3. The van der Waals surface area contributed by atoms with E-state index in [1.54, 1.807) is 0 Å². The molecule has 1 rings (SSSR count). The lowest BCUT2D eigenvalue weighted by Crippen LogP contribution is -2.22. The van der Waals surface area contributed by atoms with Gasteiger partial charge in [0.15, 0.2) is 5.75 Å². The van der Waals surface area contributed by atoms with Crippen molar-refractivity contribution >= 4 is 11.7 Å². The molecule has 1 unspecified atom stereocenters. The Morgan fingerprint density at radius 2 is 2.12 bits per heavy atom. The second-order valence-electron chi connectivity index (χ2n) is 3.19. The Morgan fingerprint density at radius 1 is 1.47 bits per heavy atom. The van der Waals surface area contributed by atoms with Gasteiger partial charge < -0.3 is 15.2 Å². The number of hydrogen-bond donors (Lipinski definition) is 1. The molecular formula is C10H12N2O5. The number of methoxy groups -OCH3 is 2. The van der Waals surface area contributed by atoms with Gasteiger partial charge >= 0.3 is 11.7 Å². The highest BCUT2D eigenvalue weighted by molar-refractivity contribution is 5.77. The van der Waals surface area contributed by atoms with Gasteiger partial charge in [-0.05, 0) is 17.7 Å². The number of esters is 1. The Morgan fingerprint density at radius 3 is 2.59 bits per heavy atom. The average molecular weight is 240 g/mol. The zero-order valence-corrected chi connectivity index (χ0v) is 9.38. The molecule has 0 aliphatic heterocycles. The molecule has 0 fully saturated rings. The first-order valence-electron chi connectivity index (χ1n) is 4.67. The van der Waals surface area contributed by atoms with E-state index in [-0.39, 0.29) is 11.4 Å². The first-order valence-corrected chi connectivity index (χ1v) is 4.67. The third-order valence-electron chi connectivity index (χ3n) is 2.21. The van der Waals surface area contributed by atoms with Gasteiger partial charge in [0.05, 0.1) is 19.1 Å². The number of carbonyl (C=O) groups is 1. The van der Waals surface area contributed by atoms with Gasteiger partial charge in [0.25, 0.3) is 0 Å². The molecule has 0 amide bonds. The predicted octanol–water partition coefficient (Wildman–Crippen LogP) is 0.776. The lowest BCUT2D eigenvalue weighted by atomic mass is 10.1. The molecule has 0 aliphatic rings. The Kier molecular flexibility index (Phi) is 4.00. The minimum Gasteiger partial charge on any atom is -0.490 e. The monoisotopic (exact) mass is 240 g/mol. The number of rotatable bonds is 4. The predicted molar refractivity (Wildman–Crippen MR) is 58.6 cm³/mol. The largest absolute Gasteiger partial charge is 0.490 e. The summed E-state index contributed by atoms with van der Waals surface area (Å²) < 4.78 is 9.34. The Hall–Kier alpha value is -2.15. The minimum absolute atomic E-state index is 0.0480. The van der Waals surface area contributed by atoms with E-state index in [1.807, 2.05) is 0 Å². The van der Waals surface area contributed by atoms with Crippen molar-refractivity contribution in [3.63, 3.8) is 0 Å². The molecule has 2 N–H and O–H groups in total. The van der Waals surface area contributed by atoms with E-state index in [9.17, 15) is 14.9 Å². The number of nitro benzene ring substituents is 1. The number of benzene rings is 1. The van der Waals surface area contributed by atoms with Crippen LogP contribution in [0.2, 0.25) is 0 Å². The molecule has 0 saturated heterocycles. The minimum atomic E-state index is -0.991. The van der Waals surface area contributed by atoms with Crippen LogP contribution in [0, 0.1) is 10.1 Å². The smallest absolute Gasteiger partial charge is 0.327 e. The maximum Gasteiger partial charge on any atom is 0.327 e. The highest BCUT2D eigenvalue weighted by Gasteiger charge is 2.21. The lowest BCUT2D eigenvalue weighted by molar-refractivity contribution is -0.385. The molecule has 1 aromatic rings. The first kappa shape index (κ1) is 12.9. The van der Waals surface area contributed by atoms with Crippen molar-refractivity contribution in [1.82, 2.24) is 0 Å². The molecule has 0 aromatic heterocycles. The van der Waals surface area contributed by atoms with E-state index < -0.39 is 16.9 Å². The topological polar surface area (TPSA) is 105 Å². The number of nitrogens with two attached hydrogens (primary N) is 1. The molecule has 0 aliphatic carbocycles. The van der Waals surface area contributed by atoms with Gasteiger partial charge in [-0.1, -0.05) is 0 Å². The third kappa shape index (κ3) is 2.70. The molecule has 0 saturated carbocycles. The van der Waals surface area contributed by atoms with Gasteiger partial charge in [0.2, 0.25) is 0 Å². The van der Waals surface area contributed by atoms with Crippen molar-refractivity contribution < 1.29 is 19.2 Å². The van der Waals surface area contributed by atoms with Crippen LogP contribution >= 0.6 is 0 Å². The summed E-state index contributed by atoms with van der Waals surface area (Å²) in [5, 5.41) is 10.7. The van der Waals surface area contributed by atoms with Crippen molar-refractivity contribution in [2.24, 2.45) is 5.73 Å². The van der Waals surface area contributed by atoms with Crippen LogP contribution in [0.25, 0.3) is 0 Å². The molecule has 7 nitrogen and oxygen atoms in total.